The minimum Gasteiger partial charge on any atom is -0.301 e. The van der Waals surface area contributed by atoms with Crippen molar-refractivity contribution in [3.05, 3.63) is 0 Å². The van der Waals surface area contributed by atoms with E-state index in [1.54, 1.807) is 12.6 Å². The van der Waals surface area contributed by atoms with Crippen LogP contribution >= 0.6 is 0 Å². The number of unbranched alkanes of at least 4 members (excludes halogenated alkanes) is 2. The highest BCUT2D eigenvalue weighted by atomic mass is 16.1. The first-order valence-corrected chi connectivity index (χ1v) is 3.83. The highest BCUT2D eigenvalue weighted by molar-refractivity contribution is 5.82. The normalized spacial score (nSPS) is 10.0. The van der Waals surface area contributed by atoms with Gasteiger partial charge in [0, 0.05) is 0 Å². The summed E-state index contributed by atoms with van der Waals surface area (Å²) >= 11 is 0. The molecule has 2 radical (unpaired) electrons. The Morgan fingerprint density at radius 2 is 1.91 bits per heavy atom. The topological polar surface area (TPSA) is 46.2 Å². The van der Waals surface area contributed by atoms with E-state index in [9.17, 15) is 9.59 Å². The smallest absolute Gasteiger partial charge is 0.225 e. The van der Waals surface area contributed by atoms with E-state index < -0.39 is 6.04 Å². The number of carbonyl (C=O) groups excluding carboxylic acids is 2. The first-order valence-electron chi connectivity index (χ1n) is 3.83. The molecule has 0 aromatic carbocycles. The first-order chi connectivity index (χ1) is 5.35. The van der Waals surface area contributed by atoms with E-state index in [-0.39, 0.29) is 0 Å². The van der Waals surface area contributed by atoms with Crippen molar-refractivity contribution in [1.82, 2.24) is 5.32 Å². The Labute approximate surface area is 67.2 Å². The molecule has 0 amide bonds. The molecule has 3 nitrogen and oxygen atoms in total. The molecule has 1 N–H and O–H groups in total. The molecule has 0 rings (SSSR count). The maximum Gasteiger partial charge on any atom is 0.225 e. The molecular formula is C8H13NO2. The van der Waals surface area contributed by atoms with E-state index >= 15 is 0 Å². The average Bonchev–Trinajstić information content (AvgIpc) is 2.05. The molecule has 0 aliphatic rings. The molecule has 3 heteroatoms. The van der Waals surface area contributed by atoms with Gasteiger partial charge in [-0.15, -0.1) is 0 Å². The molecule has 11 heavy (non-hydrogen) atoms. The van der Waals surface area contributed by atoms with Gasteiger partial charge in [-0.25, -0.2) is 0 Å². The molecule has 62 valence electrons. The van der Waals surface area contributed by atoms with Gasteiger partial charge in [-0.1, -0.05) is 19.8 Å². The summed E-state index contributed by atoms with van der Waals surface area (Å²) in [6.07, 6.45) is 6.31. The largest absolute Gasteiger partial charge is 0.301 e. The molecule has 0 spiro atoms. The Kier molecular flexibility index (Phi) is 6.94. The second-order valence-electron chi connectivity index (χ2n) is 2.33. The molecule has 0 aromatic rings. The maximum atomic E-state index is 9.95. The average molecular weight is 155 g/mol. The fraction of sp³-hybridized carbons (Fsp3) is 0.750. The highest BCUT2D eigenvalue weighted by Crippen LogP contribution is 1.91. The zero-order valence-electron chi connectivity index (χ0n) is 6.72. The van der Waals surface area contributed by atoms with Crippen molar-refractivity contribution >= 4 is 12.6 Å². The van der Waals surface area contributed by atoms with Crippen LogP contribution in [0, 0.1) is 0 Å². The maximum absolute atomic E-state index is 9.95. The van der Waals surface area contributed by atoms with E-state index in [1.807, 2.05) is 0 Å². The Bertz CT molecular complexity index is 107. The van der Waals surface area contributed by atoms with Crippen LogP contribution in [0.15, 0.2) is 0 Å². The summed E-state index contributed by atoms with van der Waals surface area (Å²) in [5.74, 6) is 0. The lowest BCUT2D eigenvalue weighted by Crippen LogP contribution is -2.32. The third-order valence-electron chi connectivity index (χ3n) is 1.36. The van der Waals surface area contributed by atoms with Gasteiger partial charge in [0.2, 0.25) is 12.6 Å². The molecule has 0 unspecified atom stereocenters. The van der Waals surface area contributed by atoms with Gasteiger partial charge >= 0.3 is 0 Å². The predicted octanol–water partition coefficient (Wildman–Crippen LogP) is 0.354. The Morgan fingerprint density at radius 3 is 2.36 bits per heavy atom. The van der Waals surface area contributed by atoms with Gasteiger partial charge in [-0.05, 0) is 13.0 Å². The summed E-state index contributed by atoms with van der Waals surface area (Å²) in [6.45, 7) is 2.78. The van der Waals surface area contributed by atoms with Crippen molar-refractivity contribution in [2.75, 3.05) is 6.54 Å². The molecule has 0 heterocycles. The van der Waals surface area contributed by atoms with Gasteiger partial charge in [0.1, 0.15) is 6.04 Å². The molecule has 0 saturated heterocycles. The van der Waals surface area contributed by atoms with Crippen LogP contribution in [0.1, 0.15) is 26.2 Å². The lowest BCUT2D eigenvalue weighted by Gasteiger charge is -2.02. The van der Waals surface area contributed by atoms with Crippen molar-refractivity contribution < 1.29 is 9.59 Å². The molecule has 0 saturated carbocycles. The standard InChI is InChI=1S/C8H13NO2/c1-2-3-4-5-9-8(6-10)7-11/h8-9H,2-5H2,1H3. The zero-order chi connectivity index (χ0) is 8.53. The fourth-order valence-electron chi connectivity index (χ4n) is 0.729. The SMILES string of the molecule is CCCCCNC([C]=O)[C]=O. The lowest BCUT2D eigenvalue weighted by molar-refractivity contribution is 0.510. The lowest BCUT2D eigenvalue weighted by atomic mass is 10.2. The summed E-state index contributed by atoms with van der Waals surface area (Å²) < 4.78 is 0. The van der Waals surface area contributed by atoms with Crippen molar-refractivity contribution in [3.8, 4) is 0 Å². The van der Waals surface area contributed by atoms with E-state index in [2.05, 4.69) is 12.2 Å². The monoisotopic (exact) mass is 155 g/mol. The van der Waals surface area contributed by atoms with Gasteiger partial charge < -0.3 is 5.32 Å². The van der Waals surface area contributed by atoms with Crippen LogP contribution in [0.3, 0.4) is 0 Å². The van der Waals surface area contributed by atoms with Crippen LogP contribution in [-0.2, 0) is 9.59 Å². The Morgan fingerprint density at radius 1 is 1.27 bits per heavy atom. The zero-order valence-corrected chi connectivity index (χ0v) is 6.72. The highest BCUT2D eigenvalue weighted by Gasteiger charge is 2.04. The Balaban J connectivity index is 3.21. The van der Waals surface area contributed by atoms with Gasteiger partial charge in [-0.2, -0.15) is 0 Å². The van der Waals surface area contributed by atoms with Crippen molar-refractivity contribution in [3.63, 3.8) is 0 Å². The second kappa shape index (κ2) is 7.41. The summed E-state index contributed by atoms with van der Waals surface area (Å²) in [4.78, 5) is 19.9. The van der Waals surface area contributed by atoms with Crippen LogP contribution in [-0.4, -0.2) is 25.2 Å². The van der Waals surface area contributed by atoms with Crippen molar-refractivity contribution in [1.29, 1.82) is 0 Å². The van der Waals surface area contributed by atoms with E-state index in [1.165, 1.54) is 0 Å². The van der Waals surface area contributed by atoms with Crippen LogP contribution < -0.4 is 5.32 Å². The molecule has 0 fully saturated rings. The van der Waals surface area contributed by atoms with E-state index in [4.69, 9.17) is 0 Å². The molecule has 0 aliphatic carbocycles. The molecule has 0 aliphatic heterocycles. The number of rotatable bonds is 7. The van der Waals surface area contributed by atoms with Crippen LogP contribution in [0.4, 0.5) is 0 Å². The summed E-state index contributed by atoms with van der Waals surface area (Å²) in [7, 11) is 0. The predicted molar refractivity (Wildman–Crippen MR) is 42.7 cm³/mol. The van der Waals surface area contributed by atoms with Crippen molar-refractivity contribution in [2.24, 2.45) is 0 Å². The molecule has 0 aromatic heterocycles. The third-order valence-corrected chi connectivity index (χ3v) is 1.36. The third kappa shape index (κ3) is 5.73. The van der Waals surface area contributed by atoms with Crippen molar-refractivity contribution in [2.45, 2.75) is 32.2 Å². The molecule has 0 bridgehead atoms. The minimum atomic E-state index is -0.855. The van der Waals surface area contributed by atoms with Gasteiger partial charge in [0.05, 0.1) is 0 Å². The summed E-state index contributed by atoms with van der Waals surface area (Å²) in [5.41, 5.74) is 0. The van der Waals surface area contributed by atoms with E-state index in [0.29, 0.717) is 6.54 Å². The first kappa shape index (κ1) is 10.3. The van der Waals surface area contributed by atoms with Crippen LogP contribution in [0.2, 0.25) is 0 Å². The number of nitrogens with one attached hydrogen (secondary N) is 1. The fourth-order valence-corrected chi connectivity index (χ4v) is 0.729. The molecular weight excluding hydrogens is 142 g/mol. The second-order valence-corrected chi connectivity index (χ2v) is 2.33. The van der Waals surface area contributed by atoms with E-state index in [0.717, 1.165) is 19.3 Å². The quantitative estimate of drug-likeness (QED) is 0.426. The van der Waals surface area contributed by atoms with Crippen LogP contribution in [0.25, 0.3) is 0 Å². The van der Waals surface area contributed by atoms with Crippen LogP contribution in [0.5, 0.6) is 0 Å². The number of hydrogen-bond donors (Lipinski definition) is 1. The van der Waals surface area contributed by atoms with Gasteiger partial charge in [-0.3, -0.25) is 9.59 Å². The van der Waals surface area contributed by atoms with Gasteiger partial charge in [0.25, 0.3) is 0 Å². The van der Waals surface area contributed by atoms with Gasteiger partial charge in [0.15, 0.2) is 0 Å². The minimum absolute atomic E-state index is 0.684. The summed E-state index contributed by atoms with van der Waals surface area (Å²) in [6, 6.07) is -0.855. The number of hydrogen-bond acceptors (Lipinski definition) is 3. The Hall–Kier alpha value is -0.700. The summed E-state index contributed by atoms with van der Waals surface area (Å²) in [5, 5.41) is 2.71. The molecule has 0 atom stereocenters.